The van der Waals surface area contributed by atoms with Gasteiger partial charge >= 0.3 is 5.91 Å². The Balaban J connectivity index is 1.57. The number of rotatable bonds is 8. The molecule has 1 unspecified atom stereocenters. The van der Waals surface area contributed by atoms with E-state index >= 15 is 0 Å². The van der Waals surface area contributed by atoms with Crippen molar-refractivity contribution in [1.29, 1.82) is 0 Å². The Morgan fingerprint density at radius 1 is 1.13 bits per heavy atom. The molecule has 39 heavy (non-hydrogen) atoms. The maximum Gasteiger partial charge on any atom is 0.301 e. The van der Waals surface area contributed by atoms with Gasteiger partial charge in [0.05, 0.1) is 18.2 Å². The molecule has 2 aromatic heterocycles. The third-order valence-corrected chi connectivity index (χ3v) is 8.38. The highest BCUT2D eigenvalue weighted by atomic mass is 35.5. The highest BCUT2D eigenvalue weighted by molar-refractivity contribution is 8.00. The van der Waals surface area contributed by atoms with Gasteiger partial charge < -0.3 is 14.9 Å². The molecule has 9 nitrogen and oxygen atoms in total. The minimum absolute atomic E-state index is 0.0964. The molecule has 2 aromatic carbocycles. The van der Waals surface area contributed by atoms with Gasteiger partial charge in [-0.15, -0.1) is 10.2 Å². The number of amides is 1. The smallest absolute Gasteiger partial charge is 0.301 e. The number of Topliss-reactive ketones (excluding diaryl/α,β-unsaturated/α-hetero) is 1. The van der Waals surface area contributed by atoms with Gasteiger partial charge in [-0.25, -0.2) is 0 Å². The number of nitrogens with zero attached hydrogens (tertiary/aromatic N) is 4. The fraction of sp³-hybridized carbons (Fsp3) is 0.148. The van der Waals surface area contributed by atoms with Gasteiger partial charge in [0.2, 0.25) is 5.13 Å². The average molecular weight is 581 g/mol. The van der Waals surface area contributed by atoms with Gasteiger partial charge in [-0.3, -0.25) is 19.5 Å². The minimum Gasteiger partial charge on any atom is -0.507 e. The number of phenolic OH excluding ortho intramolecular Hbond substituents is 1. The summed E-state index contributed by atoms with van der Waals surface area (Å²) in [6.45, 7) is 2.06. The van der Waals surface area contributed by atoms with Crippen LogP contribution in [0.2, 0.25) is 5.02 Å². The molecule has 1 atom stereocenters. The monoisotopic (exact) mass is 580 g/mol. The van der Waals surface area contributed by atoms with Crippen LogP contribution in [0.15, 0.2) is 76.9 Å². The maximum absolute atomic E-state index is 13.4. The minimum atomic E-state index is -1.05. The van der Waals surface area contributed by atoms with E-state index in [1.807, 2.05) is 18.2 Å². The van der Waals surface area contributed by atoms with E-state index in [0.29, 0.717) is 26.2 Å². The van der Waals surface area contributed by atoms with Crippen molar-refractivity contribution < 1.29 is 24.5 Å². The number of thioether (sulfide) groups is 1. The van der Waals surface area contributed by atoms with E-state index in [1.165, 1.54) is 53.3 Å². The summed E-state index contributed by atoms with van der Waals surface area (Å²) in [5.41, 5.74) is 1.56. The lowest BCUT2D eigenvalue weighted by molar-refractivity contribution is -0.132. The molecule has 0 saturated carbocycles. The van der Waals surface area contributed by atoms with E-state index in [9.17, 15) is 19.8 Å². The fourth-order valence-electron chi connectivity index (χ4n) is 4.10. The molecular formula is C27H21ClN4O5S2. The molecule has 1 saturated heterocycles. The van der Waals surface area contributed by atoms with Crippen LogP contribution in [-0.2, 0) is 15.3 Å². The molecule has 1 aliphatic heterocycles. The standard InChI is InChI=1S/C27H21ClN4O5S2/c1-2-37-20-13-16(7-8-19(20)33)22-21(23(34)15-9-11-29-12-10-15)24(35)25(36)32(22)26-30-31-27(39-26)38-14-17-5-3-4-6-18(17)28/h3-13,22,33-34H,2,14H2,1H3. The van der Waals surface area contributed by atoms with Crippen molar-refractivity contribution in [3.63, 3.8) is 0 Å². The molecule has 0 bridgehead atoms. The largest absolute Gasteiger partial charge is 0.507 e. The van der Waals surface area contributed by atoms with Crippen molar-refractivity contribution in [3.05, 3.63) is 94.3 Å². The number of aliphatic hydroxyl groups is 1. The van der Waals surface area contributed by atoms with Gasteiger partial charge in [0.15, 0.2) is 15.8 Å². The predicted octanol–water partition coefficient (Wildman–Crippen LogP) is 5.61. The second kappa shape index (κ2) is 11.4. The van der Waals surface area contributed by atoms with Gasteiger partial charge in [-0.1, -0.05) is 59.0 Å². The molecule has 1 fully saturated rings. The van der Waals surface area contributed by atoms with E-state index in [2.05, 4.69) is 15.2 Å². The maximum atomic E-state index is 13.4. The molecule has 4 aromatic rings. The molecule has 0 radical (unpaired) electrons. The van der Waals surface area contributed by atoms with Gasteiger partial charge in [-0.2, -0.15) is 0 Å². The summed E-state index contributed by atoms with van der Waals surface area (Å²) < 4.78 is 6.10. The van der Waals surface area contributed by atoms with Crippen LogP contribution in [0.4, 0.5) is 5.13 Å². The van der Waals surface area contributed by atoms with Crippen LogP contribution in [-0.4, -0.2) is 43.7 Å². The molecule has 3 heterocycles. The van der Waals surface area contributed by atoms with E-state index in [-0.39, 0.29) is 34.6 Å². The van der Waals surface area contributed by atoms with E-state index in [4.69, 9.17) is 16.3 Å². The molecule has 1 amide bonds. The third kappa shape index (κ3) is 5.33. The van der Waals surface area contributed by atoms with Crippen molar-refractivity contribution in [2.45, 2.75) is 23.1 Å². The lowest BCUT2D eigenvalue weighted by Gasteiger charge is -2.23. The van der Waals surface area contributed by atoms with Gasteiger partial charge in [0, 0.05) is 28.7 Å². The van der Waals surface area contributed by atoms with Gasteiger partial charge in [-0.05, 0) is 48.4 Å². The van der Waals surface area contributed by atoms with Gasteiger partial charge in [0.25, 0.3) is 5.78 Å². The van der Waals surface area contributed by atoms with Crippen LogP contribution in [0, 0.1) is 0 Å². The molecular weight excluding hydrogens is 560 g/mol. The van der Waals surface area contributed by atoms with Crippen LogP contribution < -0.4 is 9.64 Å². The topological polar surface area (TPSA) is 126 Å². The Labute approximate surface area is 236 Å². The Morgan fingerprint density at radius 2 is 1.90 bits per heavy atom. The van der Waals surface area contributed by atoms with Crippen molar-refractivity contribution in [2.75, 3.05) is 11.5 Å². The molecule has 2 N–H and O–H groups in total. The number of carbonyl (C=O) groups excluding carboxylic acids is 2. The van der Waals surface area contributed by atoms with Crippen molar-refractivity contribution in [1.82, 2.24) is 15.2 Å². The first-order chi connectivity index (χ1) is 18.9. The van der Waals surface area contributed by atoms with Crippen LogP contribution in [0.1, 0.15) is 29.7 Å². The number of halogens is 1. The number of anilines is 1. The zero-order valence-corrected chi connectivity index (χ0v) is 22.8. The van der Waals surface area contributed by atoms with Crippen LogP contribution in [0.3, 0.4) is 0 Å². The second-order valence-electron chi connectivity index (χ2n) is 8.30. The zero-order chi connectivity index (χ0) is 27.5. The first kappa shape index (κ1) is 26.7. The first-order valence-corrected chi connectivity index (χ1v) is 13.9. The Bertz CT molecular complexity index is 1580. The zero-order valence-electron chi connectivity index (χ0n) is 20.4. The van der Waals surface area contributed by atoms with Crippen LogP contribution >= 0.6 is 34.7 Å². The molecule has 0 spiro atoms. The van der Waals surface area contributed by atoms with Gasteiger partial charge in [0.1, 0.15) is 5.76 Å². The quantitative estimate of drug-likeness (QED) is 0.0899. The summed E-state index contributed by atoms with van der Waals surface area (Å²) in [7, 11) is 0. The number of pyridine rings is 1. The summed E-state index contributed by atoms with van der Waals surface area (Å²) in [5, 5.41) is 30.7. The first-order valence-electron chi connectivity index (χ1n) is 11.8. The number of ketones is 1. The van der Waals surface area contributed by atoms with E-state index < -0.39 is 17.7 Å². The second-order valence-corrected chi connectivity index (χ2v) is 10.9. The number of aliphatic hydroxyl groups excluding tert-OH is 1. The summed E-state index contributed by atoms with van der Waals surface area (Å²) >= 11 is 8.81. The Hall–Kier alpha value is -3.93. The normalized spacial score (nSPS) is 16.6. The number of hydrogen-bond acceptors (Lipinski definition) is 10. The number of ether oxygens (including phenoxy) is 1. The fourth-order valence-corrected chi connectivity index (χ4v) is 6.25. The molecule has 5 rings (SSSR count). The van der Waals surface area contributed by atoms with Crippen LogP contribution in [0.25, 0.3) is 5.76 Å². The van der Waals surface area contributed by atoms with E-state index in [1.54, 1.807) is 19.1 Å². The van der Waals surface area contributed by atoms with Crippen molar-refractivity contribution in [3.8, 4) is 11.5 Å². The van der Waals surface area contributed by atoms with E-state index in [0.717, 1.165) is 16.9 Å². The summed E-state index contributed by atoms with van der Waals surface area (Å²) in [6, 6.07) is 14.0. The Kier molecular flexibility index (Phi) is 7.82. The number of aromatic hydroxyl groups is 1. The summed E-state index contributed by atoms with van der Waals surface area (Å²) in [6.07, 6.45) is 2.95. The highest BCUT2D eigenvalue weighted by Crippen LogP contribution is 2.45. The Morgan fingerprint density at radius 3 is 2.64 bits per heavy atom. The summed E-state index contributed by atoms with van der Waals surface area (Å²) in [4.78, 5) is 31.9. The SMILES string of the molecule is CCOc1cc(C2C(=C(O)c3ccncc3)C(=O)C(=O)N2c2nnc(SCc3ccccc3Cl)s2)ccc1O. The average Bonchev–Trinajstić information content (AvgIpc) is 3.51. The predicted molar refractivity (Wildman–Crippen MR) is 149 cm³/mol. The number of phenols is 1. The molecule has 12 heteroatoms. The summed E-state index contributed by atoms with van der Waals surface area (Å²) in [5.74, 6) is -1.47. The lowest BCUT2D eigenvalue weighted by atomic mass is 9.95. The number of aromatic nitrogens is 3. The van der Waals surface area contributed by atoms with Crippen molar-refractivity contribution in [2.24, 2.45) is 0 Å². The number of hydrogen-bond donors (Lipinski definition) is 2. The molecule has 1 aliphatic rings. The van der Waals surface area contributed by atoms with Crippen LogP contribution in [0.5, 0.6) is 11.5 Å². The lowest BCUT2D eigenvalue weighted by Crippen LogP contribution is -2.29. The molecule has 0 aliphatic carbocycles. The number of benzene rings is 2. The third-order valence-electron chi connectivity index (χ3n) is 5.91. The highest BCUT2D eigenvalue weighted by Gasteiger charge is 2.48. The number of carbonyl (C=O) groups is 2. The molecule has 198 valence electrons. The van der Waals surface area contributed by atoms with Crippen molar-refractivity contribution >= 4 is 57.3 Å².